The molecule has 32 valence electrons. The lowest BCUT2D eigenvalue weighted by molar-refractivity contribution is 0.534. The van der Waals surface area contributed by atoms with Crippen molar-refractivity contribution < 1.29 is 12.7 Å². The average molecular weight is 114 g/mol. The molecule has 0 unspecified atom stereocenters. The van der Waals surface area contributed by atoms with Crippen LogP contribution in [0.25, 0.3) is 0 Å². The van der Waals surface area contributed by atoms with E-state index in [4.69, 9.17) is 9.11 Å². The van der Waals surface area contributed by atoms with Crippen molar-refractivity contribution in [1.29, 1.82) is 0 Å². The van der Waals surface area contributed by atoms with Crippen molar-refractivity contribution in [3.8, 4) is 0 Å². The van der Waals surface area contributed by atoms with Crippen LogP contribution in [0.1, 0.15) is 0 Å². The van der Waals surface area contributed by atoms with E-state index in [1.54, 1.807) is 0 Å². The topological polar surface area (TPSA) is 49.7 Å². The molecule has 0 atom stereocenters. The van der Waals surface area contributed by atoms with Gasteiger partial charge in [0.1, 0.15) is 0 Å². The van der Waals surface area contributed by atoms with Crippen LogP contribution < -0.4 is 0 Å². The van der Waals surface area contributed by atoms with Crippen LogP contribution >= 0.6 is 24.6 Å². The zero-order valence-corrected chi connectivity index (χ0v) is 3.75. The Balaban J connectivity index is 2.19. The highest BCUT2D eigenvalue weighted by Crippen LogP contribution is 2.03. The molecule has 0 aliphatic carbocycles. The Labute approximate surface area is 38.2 Å². The highest BCUT2D eigenvalue weighted by molar-refractivity contribution is 8.02. The maximum absolute atomic E-state index is 7.58. The Morgan fingerprint density at radius 2 is 1.60 bits per heavy atom. The van der Waals surface area contributed by atoms with E-state index in [1.165, 1.54) is 0 Å². The Bertz CT molecular complexity index is 12.4. The Morgan fingerprint density at radius 1 is 1.20 bits per heavy atom. The number of rotatable bonds is 2. The number of hydrogen-bond acceptors (Lipinski definition) is 5. The summed E-state index contributed by atoms with van der Waals surface area (Å²) in [7, 11) is 0. The fraction of sp³-hybridized carbons (Fsp3) is 0. The van der Waals surface area contributed by atoms with Gasteiger partial charge in [-0.3, -0.25) is 0 Å². The maximum Gasteiger partial charge on any atom is 0.170 e. The van der Waals surface area contributed by atoms with E-state index in [9.17, 15) is 0 Å². The smallest absolute Gasteiger partial charge is 0.170 e. The normalized spacial score (nSPS) is 8.40. The molecule has 0 aromatic heterocycles. The molecule has 0 aromatic rings. The molecule has 0 fully saturated rings. The van der Waals surface area contributed by atoms with Gasteiger partial charge in [0.25, 0.3) is 0 Å². The van der Waals surface area contributed by atoms with Crippen molar-refractivity contribution in [2.24, 2.45) is 0 Å². The van der Waals surface area contributed by atoms with Gasteiger partial charge in [-0.1, -0.05) is 0 Å². The summed E-state index contributed by atoms with van der Waals surface area (Å²) >= 11 is 0.229. The van der Waals surface area contributed by atoms with E-state index in [1.807, 2.05) is 0 Å². The minimum Gasteiger partial charge on any atom is -0.306 e. The van der Waals surface area contributed by atoms with Crippen LogP contribution in [-0.2, 0) is 3.63 Å². The summed E-state index contributed by atoms with van der Waals surface area (Å²) in [5.41, 5.74) is 0. The first-order valence-electron chi connectivity index (χ1n) is 0.698. The van der Waals surface area contributed by atoms with Crippen molar-refractivity contribution >= 4 is 24.6 Å². The van der Waals surface area contributed by atoms with Gasteiger partial charge in [0.05, 0.1) is 0 Å². The lowest BCUT2D eigenvalue weighted by Crippen LogP contribution is -1.53. The molecule has 0 heterocycles. The van der Waals surface area contributed by atoms with Gasteiger partial charge in [0.2, 0.25) is 0 Å². The molecule has 3 nitrogen and oxygen atoms in total. The lowest BCUT2D eigenvalue weighted by Gasteiger charge is -1.77. The standard InChI is InChI=1S/H2O3S2/c1-4-3-5-2/h1-2H. The third-order valence-corrected chi connectivity index (χ3v) is 0.548. The molecule has 0 aromatic carbocycles. The largest absolute Gasteiger partial charge is 0.306 e. The van der Waals surface area contributed by atoms with Crippen LogP contribution in [0.4, 0.5) is 0 Å². The van der Waals surface area contributed by atoms with E-state index in [-0.39, 0.29) is 24.6 Å². The first-order valence-corrected chi connectivity index (χ1v) is 2.10. The van der Waals surface area contributed by atoms with E-state index in [0.29, 0.717) is 0 Å². The quantitative estimate of drug-likeness (QED) is 0.529. The highest BCUT2D eigenvalue weighted by Gasteiger charge is 1.72. The molecule has 0 bridgehead atoms. The van der Waals surface area contributed by atoms with Crippen LogP contribution in [0, 0.1) is 0 Å². The van der Waals surface area contributed by atoms with E-state index in [0.717, 1.165) is 0 Å². The van der Waals surface area contributed by atoms with E-state index in [2.05, 4.69) is 3.63 Å². The molecule has 0 saturated carbocycles. The Kier molecular flexibility index (Phi) is 5.11. The lowest BCUT2D eigenvalue weighted by atomic mass is 15.8. The van der Waals surface area contributed by atoms with E-state index >= 15 is 0 Å². The van der Waals surface area contributed by atoms with Crippen LogP contribution in [0.15, 0.2) is 0 Å². The van der Waals surface area contributed by atoms with Crippen LogP contribution in [-0.4, -0.2) is 9.11 Å². The summed E-state index contributed by atoms with van der Waals surface area (Å²) in [5, 5.41) is 0. The second kappa shape index (κ2) is 4.58. The summed E-state index contributed by atoms with van der Waals surface area (Å²) in [6, 6.07) is 0. The summed E-state index contributed by atoms with van der Waals surface area (Å²) in [5.74, 6) is 0. The monoisotopic (exact) mass is 114 g/mol. The van der Waals surface area contributed by atoms with Gasteiger partial charge in [-0.2, -0.15) is 3.63 Å². The molecule has 0 aliphatic heterocycles. The fourth-order valence-electron chi connectivity index (χ4n) is 0.0136. The molecule has 5 heteroatoms. The maximum atomic E-state index is 7.58. The summed E-state index contributed by atoms with van der Waals surface area (Å²) in [6.07, 6.45) is 0. The van der Waals surface area contributed by atoms with Crippen LogP contribution in [0.5, 0.6) is 0 Å². The van der Waals surface area contributed by atoms with Gasteiger partial charge < -0.3 is 9.11 Å². The first-order chi connectivity index (χ1) is 2.41. The molecule has 2 N–H and O–H groups in total. The molecule has 0 aliphatic rings. The molecule has 0 rings (SSSR count). The van der Waals surface area contributed by atoms with Gasteiger partial charge in [-0.05, 0) is 0 Å². The van der Waals surface area contributed by atoms with Gasteiger partial charge in [0, 0.05) is 0 Å². The zero-order chi connectivity index (χ0) is 4.12. The third-order valence-electron chi connectivity index (χ3n) is 0.0609. The van der Waals surface area contributed by atoms with Crippen molar-refractivity contribution in [2.45, 2.75) is 0 Å². The van der Waals surface area contributed by atoms with Gasteiger partial charge in [-0.25, -0.2) is 0 Å². The third kappa shape index (κ3) is 4.58. The molecular formula is H2O3S2. The minimum absolute atomic E-state index is 0.115. The Morgan fingerprint density at radius 3 is 1.60 bits per heavy atom. The molecule has 0 radical (unpaired) electrons. The zero-order valence-electron chi connectivity index (χ0n) is 2.12. The molecule has 0 saturated heterocycles. The second-order valence-electron chi connectivity index (χ2n) is 0.217. The summed E-state index contributed by atoms with van der Waals surface area (Å²) in [4.78, 5) is 0. The van der Waals surface area contributed by atoms with Crippen LogP contribution in [0.2, 0.25) is 0 Å². The van der Waals surface area contributed by atoms with E-state index < -0.39 is 0 Å². The summed E-state index contributed by atoms with van der Waals surface area (Å²) in [6.45, 7) is 0. The van der Waals surface area contributed by atoms with Crippen LogP contribution in [0.3, 0.4) is 0 Å². The van der Waals surface area contributed by atoms with Gasteiger partial charge >= 0.3 is 0 Å². The van der Waals surface area contributed by atoms with Crippen molar-refractivity contribution in [2.75, 3.05) is 0 Å². The summed E-state index contributed by atoms with van der Waals surface area (Å²) < 4.78 is 18.9. The molecule has 0 spiro atoms. The average Bonchev–Trinajstić information content (AvgIpc) is 1.41. The highest BCUT2D eigenvalue weighted by atomic mass is 32.3. The SMILES string of the molecule is OSOSO. The molecule has 0 amide bonds. The molecular weight excluding hydrogens is 112 g/mol. The first kappa shape index (κ1) is 5.58. The fourth-order valence-corrected chi connectivity index (χ4v) is 0.122. The molecule has 5 heavy (non-hydrogen) atoms. The van der Waals surface area contributed by atoms with Gasteiger partial charge in [-0.15, -0.1) is 0 Å². The number of hydrogen-bond donors (Lipinski definition) is 2. The Hall–Kier alpha value is 0.580. The van der Waals surface area contributed by atoms with Crippen molar-refractivity contribution in [3.05, 3.63) is 0 Å². The van der Waals surface area contributed by atoms with Crippen molar-refractivity contribution in [3.63, 3.8) is 0 Å². The predicted octanol–water partition coefficient (Wildman–Crippen LogP) is 1.25. The van der Waals surface area contributed by atoms with Crippen molar-refractivity contribution in [1.82, 2.24) is 0 Å². The van der Waals surface area contributed by atoms with Gasteiger partial charge in [0.15, 0.2) is 24.6 Å². The minimum atomic E-state index is 0.115. The second-order valence-corrected chi connectivity index (χ2v) is 1.06. The predicted molar refractivity (Wildman–Crippen MR) is 21.5 cm³/mol.